The molecule has 1 aromatic heterocycles. The monoisotopic (exact) mass is 261 g/mol. The molecule has 0 fully saturated rings. The number of aldehydes is 1. The third-order valence-electron chi connectivity index (χ3n) is 2.26. The van der Waals surface area contributed by atoms with Gasteiger partial charge in [0.25, 0.3) is 5.69 Å². The van der Waals surface area contributed by atoms with Crippen molar-refractivity contribution in [2.45, 2.75) is 0 Å². The number of nitro groups is 1. The summed E-state index contributed by atoms with van der Waals surface area (Å²) in [4.78, 5) is 32.3. The smallest absolute Gasteiger partial charge is 0.379 e. The summed E-state index contributed by atoms with van der Waals surface area (Å²) in [5.74, 6) is -0.890. The molecule has 7 nitrogen and oxygen atoms in total. The van der Waals surface area contributed by atoms with Crippen molar-refractivity contribution >= 4 is 17.9 Å². The van der Waals surface area contributed by atoms with Crippen LogP contribution in [0.25, 0.3) is 0 Å². The fraction of sp³-hybridized carbons (Fsp3) is 0. The number of non-ortho nitro benzene ring substituents is 1. The molecule has 7 heteroatoms. The van der Waals surface area contributed by atoms with Crippen molar-refractivity contribution in [3.05, 3.63) is 58.0 Å². The number of nitrogens with zero attached hydrogens (tertiary/aromatic N) is 1. The first-order valence-corrected chi connectivity index (χ1v) is 5.11. The van der Waals surface area contributed by atoms with Crippen LogP contribution in [0.2, 0.25) is 0 Å². The summed E-state index contributed by atoms with van der Waals surface area (Å²) in [7, 11) is 0. The molecule has 0 radical (unpaired) electrons. The lowest BCUT2D eigenvalue weighted by Gasteiger charge is -2.04. The van der Waals surface area contributed by atoms with Gasteiger partial charge in [0, 0.05) is 12.1 Å². The number of benzene rings is 1. The van der Waals surface area contributed by atoms with Gasteiger partial charge in [0.2, 0.25) is 5.76 Å². The second-order valence-corrected chi connectivity index (χ2v) is 3.46. The Bertz CT molecular complexity index is 632. The minimum atomic E-state index is -0.790. The molecule has 0 saturated carbocycles. The summed E-state index contributed by atoms with van der Waals surface area (Å²) < 4.78 is 9.76. The van der Waals surface area contributed by atoms with E-state index in [9.17, 15) is 19.7 Å². The molecule has 19 heavy (non-hydrogen) atoms. The predicted molar refractivity (Wildman–Crippen MR) is 62.2 cm³/mol. The van der Waals surface area contributed by atoms with E-state index in [1.165, 1.54) is 24.5 Å². The van der Waals surface area contributed by atoms with Gasteiger partial charge in [-0.15, -0.1) is 0 Å². The molecule has 1 aromatic carbocycles. The zero-order valence-electron chi connectivity index (χ0n) is 9.44. The van der Waals surface area contributed by atoms with Crippen LogP contribution in [0.5, 0.6) is 5.75 Å². The zero-order chi connectivity index (χ0) is 13.8. The van der Waals surface area contributed by atoms with Gasteiger partial charge in [-0.1, -0.05) is 0 Å². The third kappa shape index (κ3) is 2.65. The molecule has 0 atom stereocenters. The number of esters is 1. The van der Waals surface area contributed by atoms with Gasteiger partial charge in [-0.05, 0) is 18.2 Å². The van der Waals surface area contributed by atoms with E-state index in [0.717, 1.165) is 12.1 Å². The first-order chi connectivity index (χ1) is 9.11. The zero-order valence-corrected chi connectivity index (χ0v) is 9.44. The second kappa shape index (κ2) is 5.13. The van der Waals surface area contributed by atoms with Gasteiger partial charge in [0.05, 0.1) is 16.7 Å². The van der Waals surface area contributed by atoms with Crippen LogP contribution in [0, 0.1) is 10.1 Å². The van der Waals surface area contributed by atoms with Crippen LogP contribution in [-0.2, 0) is 0 Å². The lowest BCUT2D eigenvalue weighted by molar-refractivity contribution is -0.384. The van der Waals surface area contributed by atoms with E-state index in [1.807, 2.05) is 0 Å². The van der Waals surface area contributed by atoms with Gasteiger partial charge in [-0.25, -0.2) is 4.79 Å². The minimum Gasteiger partial charge on any atom is -0.457 e. The Kier molecular flexibility index (Phi) is 3.37. The van der Waals surface area contributed by atoms with Crippen LogP contribution in [0.1, 0.15) is 20.9 Å². The topological polar surface area (TPSA) is 99.6 Å². The molecule has 1 heterocycles. The molecule has 0 saturated heterocycles. The van der Waals surface area contributed by atoms with E-state index < -0.39 is 10.9 Å². The van der Waals surface area contributed by atoms with Crippen molar-refractivity contribution < 1.29 is 23.7 Å². The van der Waals surface area contributed by atoms with Gasteiger partial charge < -0.3 is 9.15 Å². The van der Waals surface area contributed by atoms with Gasteiger partial charge in [-0.3, -0.25) is 14.9 Å². The molecular weight excluding hydrogens is 254 g/mol. The molecule has 0 N–H and O–H groups in total. The van der Waals surface area contributed by atoms with E-state index in [2.05, 4.69) is 0 Å². The molecule has 0 aliphatic heterocycles. The molecule has 0 aliphatic rings. The summed E-state index contributed by atoms with van der Waals surface area (Å²) in [5, 5.41) is 10.6. The highest BCUT2D eigenvalue weighted by molar-refractivity contribution is 5.90. The molecule has 0 spiro atoms. The van der Waals surface area contributed by atoms with Crippen molar-refractivity contribution in [1.29, 1.82) is 0 Å². The largest absolute Gasteiger partial charge is 0.457 e. The first-order valence-electron chi connectivity index (χ1n) is 5.11. The van der Waals surface area contributed by atoms with E-state index in [1.54, 1.807) is 0 Å². The second-order valence-electron chi connectivity index (χ2n) is 3.46. The molecule has 2 rings (SSSR count). The van der Waals surface area contributed by atoms with Crippen molar-refractivity contribution in [2.75, 3.05) is 0 Å². The third-order valence-corrected chi connectivity index (χ3v) is 2.26. The maximum absolute atomic E-state index is 11.6. The minimum absolute atomic E-state index is 0.0322. The van der Waals surface area contributed by atoms with Crippen LogP contribution in [0.3, 0.4) is 0 Å². The molecule has 0 amide bonds. The lowest BCUT2D eigenvalue weighted by Crippen LogP contribution is -2.08. The summed E-state index contributed by atoms with van der Waals surface area (Å²) >= 11 is 0. The molecule has 0 unspecified atom stereocenters. The summed E-state index contributed by atoms with van der Waals surface area (Å²) in [6.45, 7) is 0. The lowest BCUT2D eigenvalue weighted by atomic mass is 10.2. The molecule has 96 valence electrons. The number of hydrogen-bond donors (Lipinski definition) is 0. The maximum Gasteiger partial charge on any atom is 0.379 e. The average molecular weight is 261 g/mol. The van der Waals surface area contributed by atoms with Gasteiger partial charge in [-0.2, -0.15) is 0 Å². The Hall–Kier alpha value is -2.96. The highest BCUT2D eigenvalue weighted by Gasteiger charge is 2.16. The van der Waals surface area contributed by atoms with Crippen molar-refractivity contribution in [3.8, 4) is 5.75 Å². The fourth-order valence-electron chi connectivity index (χ4n) is 1.38. The standard InChI is InChI=1S/C12H7NO6/c14-7-8-6-9(13(16)17)3-4-10(8)19-12(15)11-2-1-5-18-11/h1-7H. The summed E-state index contributed by atoms with van der Waals surface area (Å²) in [6.07, 6.45) is 1.67. The quantitative estimate of drug-likeness (QED) is 0.275. The number of furan rings is 1. The number of carbonyl (C=O) groups excluding carboxylic acids is 2. The van der Waals surface area contributed by atoms with Gasteiger partial charge >= 0.3 is 5.97 Å². The molecule has 0 bridgehead atoms. The van der Waals surface area contributed by atoms with E-state index in [0.29, 0.717) is 6.29 Å². The van der Waals surface area contributed by atoms with Gasteiger partial charge in [0.1, 0.15) is 5.75 Å². The van der Waals surface area contributed by atoms with E-state index >= 15 is 0 Å². The Morgan fingerprint density at radius 2 is 2.16 bits per heavy atom. The number of ether oxygens (including phenoxy) is 1. The average Bonchev–Trinajstić information content (AvgIpc) is 2.92. The summed E-state index contributed by atoms with van der Waals surface area (Å²) in [5.41, 5.74) is -0.353. The Labute approximate surface area is 106 Å². The highest BCUT2D eigenvalue weighted by Crippen LogP contribution is 2.23. The maximum atomic E-state index is 11.6. The van der Waals surface area contributed by atoms with E-state index in [-0.39, 0.29) is 22.8 Å². The van der Waals surface area contributed by atoms with Crippen LogP contribution in [-0.4, -0.2) is 17.2 Å². The predicted octanol–water partition coefficient (Wildman–Crippen LogP) is 2.22. The number of rotatable bonds is 4. The first kappa shape index (κ1) is 12.5. The van der Waals surface area contributed by atoms with Crippen molar-refractivity contribution in [3.63, 3.8) is 0 Å². The van der Waals surface area contributed by atoms with Crippen LogP contribution in [0.4, 0.5) is 5.69 Å². The number of carbonyl (C=O) groups is 2. The molecular formula is C12H7NO6. The normalized spacial score (nSPS) is 9.89. The van der Waals surface area contributed by atoms with Gasteiger partial charge in [0.15, 0.2) is 6.29 Å². The Morgan fingerprint density at radius 3 is 2.74 bits per heavy atom. The SMILES string of the molecule is O=Cc1cc([N+](=O)[O-])ccc1OC(=O)c1ccco1. The molecule has 2 aromatic rings. The number of hydrogen-bond acceptors (Lipinski definition) is 6. The number of nitro benzene ring substituents is 1. The fourth-order valence-corrected chi connectivity index (χ4v) is 1.38. The Morgan fingerprint density at radius 1 is 1.37 bits per heavy atom. The van der Waals surface area contributed by atoms with Crippen LogP contribution >= 0.6 is 0 Å². The summed E-state index contributed by atoms with van der Waals surface area (Å²) in [6, 6.07) is 6.25. The molecule has 0 aliphatic carbocycles. The van der Waals surface area contributed by atoms with Crippen molar-refractivity contribution in [1.82, 2.24) is 0 Å². The van der Waals surface area contributed by atoms with Crippen molar-refractivity contribution in [2.24, 2.45) is 0 Å². The Balaban J connectivity index is 2.28. The highest BCUT2D eigenvalue weighted by atomic mass is 16.6. The van der Waals surface area contributed by atoms with Crippen LogP contribution in [0.15, 0.2) is 41.0 Å². The van der Waals surface area contributed by atoms with E-state index in [4.69, 9.17) is 9.15 Å². The van der Waals surface area contributed by atoms with Crippen LogP contribution < -0.4 is 4.74 Å².